The highest BCUT2D eigenvalue weighted by Crippen LogP contribution is 2.26. The Labute approximate surface area is 147 Å². The van der Waals surface area contributed by atoms with Crippen molar-refractivity contribution in [2.45, 2.75) is 31.4 Å². The number of morpholine rings is 1. The second-order valence-electron chi connectivity index (χ2n) is 6.58. The molecular formula is C17H23FN2O4S. The average molecular weight is 370 g/mol. The highest BCUT2D eigenvalue weighted by molar-refractivity contribution is 7.88. The molecule has 0 aromatic heterocycles. The molecule has 2 saturated heterocycles. The number of rotatable bonds is 3. The number of nitrogens with zero attached hydrogens (tertiary/aromatic N) is 2. The fraction of sp³-hybridized carbons (Fsp3) is 0.588. The van der Waals surface area contributed by atoms with Gasteiger partial charge in [-0.25, -0.2) is 12.8 Å². The lowest BCUT2D eigenvalue weighted by molar-refractivity contribution is -0.144. The zero-order valence-electron chi connectivity index (χ0n) is 14.2. The number of hydrogen-bond acceptors (Lipinski definition) is 4. The van der Waals surface area contributed by atoms with Gasteiger partial charge in [0, 0.05) is 13.1 Å². The highest BCUT2D eigenvalue weighted by atomic mass is 32.2. The lowest BCUT2D eigenvalue weighted by Gasteiger charge is -2.39. The van der Waals surface area contributed by atoms with Crippen molar-refractivity contribution in [2.24, 2.45) is 0 Å². The Morgan fingerprint density at radius 3 is 2.60 bits per heavy atom. The van der Waals surface area contributed by atoms with Crippen molar-refractivity contribution in [1.29, 1.82) is 0 Å². The van der Waals surface area contributed by atoms with E-state index in [9.17, 15) is 17.6 Å². The quantitative estimate of drug-likeness (QED) is 0.810. The molecule has 2 aliphatic heterocycles. The molecule has 2 fully saturated rings. The number of benzene rings is 1. The molecule has 0 radical (unpaired) electrons. The van der Waals surface area contributed by atoms with Crippen LogP contribution in [0.2, 0.25) is 0 Å². The van der Waals surface area contributed by atoms with E-state index in [0.717, 1.165) is 24.7 Å². The van der Waals surface area contributed by atoms with Crippen LogP contribution in [0.3, 0.4) is 0 Å². The minimum atomic E-state index is -3.42. The van der Waals surface area contributed by atoms with E-state index in [4.69, 9.17) is 4.74 Å². The van der Waals surface area contributed by atoms with Crippen LogP contribution in [0.5, 0.6) is 0 Å². The molecule has 138 valence electrons. The Balaban J connectivity index is 1.73. The van der Waals surface area contributed by atoms with Gasteiger partial charge in [-0.05, 0) is 30.5 Å². The van der Waals surface area contributed by atoms with Crippen molar-refractivity contribution in [2.75, 3.05) is 32.5 Å². The predicted molar refractivity (Wildman–Crippen MR) is 90.9 cm³/mol. The summed E-state index contributed by atoms with van der Waals surface area (Å²) < 4.78 is 44.1. The Kier molecular flexibility index (Phi) is 5.41. The highest BCUT2D eigenvalue weighted by Gasteiger charge is 2.38. The van der Waals surface area contributed by atoms with Gasteiger partial charge in [-0.3, -0.25) is 4.79 Å². The molecule has 0 aliphatic carbocycles. The van der Waals surface area contributed by atoms with Crippen LogP contribution in [-0.2, 0) is 19.6 Å². The topological polar surface area (TPSA) is 66.9 Å². The summed E-state index contributed by atoms with van der Waals surface area (Å²) in [5, 5.41) is 0. The number of carbonyl (C=O) groups is 1. The molecule has 6 nitrogen and oxygen atoms in total. The number of ether oxygens (including phenoxy) is 1. The average Bonchev–Trinajstić information content (AvgIpc) is 2.61. The van der Waals surface area contributed by atoms with Crippen LogP contribution in [-0.4, -0.2) is 62.1 Å². The first-order valence-corrected chi connectivity index (χ1v) is 10.3. The molecule has 1 amide bonds. The molecule has 2 heterocycles. The molecule has 2 unspecified atom stereocenters. The Morgan fingerprint density at radius 1 is 1.20 bits per heavy atom. The van der Waals surface area contributed by atoms with Gasteiger partial charge < -0.3 is 9.64 Å². The van der Waals surface area contributed by atoms with Gasteiger partial charge in [0.1, 0.15) is 18.0 Å². The molecule has 0 N–H and O–H groups in total. The summed E-state index contributed by atoms with van der Waals surface area (Å²) in [6.45, 7) is 1.55. The number of piperidine rings is 1. The normalized spacial score (nSPS) is 25.8. The molecule has 1 aromatic rings. The maximum atomic E-state index is 13.1. The van der Waals surface area contributed by atoms with Crippen LogP contribution >= 0.6 is 0 Å². The van der Waals surface area contributed by atoms with Gasteiger partial charge >= 0.3 is 0 Å². The SMILES string of the molecule is CS(=O)(=O)N1CCCCC1C(=O)N1CCOC(c2ccc(F)cc2)C1. The van der Waals surface area contributed by atoms with Gasteiger partial charge in [-0.1, -0.05) is 18.6 Å². The first kappa shape index (κ1) is 18.3. The molecule has 8 heteroatoms. The summed E-state index contributed by atoms with van der Waals surface area (Å²) >= 11 is 0. The number of amides is 1. The van der Waals surface area contributed by atoms with Crippen LogP contribution < -0.4 is 0 Å². The van der Waals surface area contributed by atoms with Crippen LogP contribution in [0.25, 0.3) is 0 Å². The zero-order chi connectivity index (χ0) is 18.0. The summed E-state index contributed by atoms with van der Waals surface area (Å²) in [5.74, 6) is -0.487. The zero-order valence-corrected chi connectivity index (χ0v) is 15.0. The Hall–Kier alpha value is -1.51. The molecule has 0 bridgehead atoms. The van der Waals surface area contributed by atoms with E-state index in [0.29, 0.717) is 32.7 Å². The number of halogens is 1. The lowest BCUT2D eigenvalue weighted by Crippen LogP contribution is -2.55. The van der Waals surface area contributed by atoms with Crippen LogP contribution in [0.1, 0.15) is 30.9 Å². The van der Waals surface area contributed by atoms with Crippen LogP contribution in [0, 0.1) is 5.82 Å². The third-order valence-corrected chi connectivity index (χ3v) is 6.07. The minimum absolute atomic E-state index is 0.166. The van der Waals surface area contributed by atoms with Crippen molar-refractivity contribution in [3.63, 3.8) is 0 Å². The van der Waals surface area contributed by atoms with Crippen LogP contribution in [0.15, 0.2) is 24.3 Å². The van der Waals surface area contributed by atoms with Crippen molar-refractivity contribution >= 4 is 15.9 Å². The van der Waals surface area contributed by atoms with Gasteiger partial charge in [0.05, 0.1) is 19.4 Å². The van der Waals surface area contributed by atoms with E-state index in [1.54, 1.807) is 17.0 Å². The fourth-order valence-electron chi connectivity index (χ4n) is 3.49. The molecule has 0 saturated carbocycles. The van der Waals surface area contributed by atoms with Gasteiger partial charge in [-0.2, -0.15) is 4.31 Å². The minimum Gasteiger partial charge on any atom is -0.370 e. The summed E-state index contributed by atoms with van der Waals surface area (Å²) in [4.78, 5) is 14.6. The summed E-state index contributed by atoms with van der Waals surface area (Å²) in [7, 11) is -3.42. The third kappa shape index (κ3) is 4.19. The van der Waals surface area contributed by atoms with Crippen molar-refractivity contribution in [3.05, 3.63) is 35.6 Å². The molecule has 1 aromatic carbocycles. The second kappa shape index (κ2) is 7.39. The smallest absolute Gasteiger partial charge is 0.241 e. The van der Waals surface area contributed by atoms with E-state index >= 15 is 0 Å². The standard InChI is InChI=1S/C17H23FN2O4S/c1-25(22,23)20-9-3-2-4-15(20)17(21)19-10-11-24-16(12-19)13-5-7-14(18)8-6-13/h5-8,15-16H,2-4,9-12H2,1H3. The molecular weight excluding hydrogens is 347 g/mol. The van der Waals surface area contributed by atoms with Crippen LogP contribution in [0.4, 0.5) is 4.39 Å². The maximum Gasteiger partial charge on any atom is 0.241 e. The number of hydrogen-bond donors (Lipinski definition) is 0. The summed E-state index contributed by atoms with van der Waals surface area (Å²) in [6.07, 6.45) is 2.99. The summed E-state index contributed by atoms with van der Waals surface area (Å²) in [6, 6.07) is 5.41. The molecule has 2 aliphatic rings. The second-order valence-corrected chi connectivity index (χ2v) is 8.52. The van der Waals surface area contributed by atoms with E-state index in [-0.39, 0.29) is 17.8 Å². The first-order valence-electron chi connectivity index (χ1n) is 8.49. The van der Waals surface area contributed by atoms with Gasteiger partial charge in [0.15, 0.2) is 0 Å². The monoisotopic (exact) mass is 370 g/mol. The van der Waals surface area contributed by atoms with Crippen molar-refractivity contribution in [1.82, 2.24) is 9.21 Å². The fourth-order valence-corrected chi connectivity index (χ4v) is 4.61. The Morgan fingerprint density at radius 2 is 1.92 bits per heavy atom. The van der Waals surface area contributed by atoms with Gasteiger partial charge in [-0.15, -0.1) is 0 Å². The lowest BCUT2D eigenvalue weighted by atomic mass is 10.0. The van der Waals surface area contributed by atoms with Crippen molar-refractivity contribution < 1.29 is 22.3 Å². The molecule has 25 heavy (non-hydrogen) atoms. The van der Waals surface area contributed by atoms with E-state index in [1.807, 2.05) is 0 Å². The third-order valence-electron chi connectivity index (χ3n) is 4.78. The van der Waals surface area contributed by atoms with Gasteiger partial charge in [0.2, 0.25) is 15.9 Å². The van der Waals surface area contributed by atoms with Gasteiger partial charge in [0.25, 0.3) is 0 Å². The maximum absolute atomic E-state index is 13.1. The Bertz CT molecular complexity index is 723. The summed E-state index contributed by atoms with van der Waals surface area (Å²) in [5.41, 5.74) is 0.808. The number of sulfonamides is 1. The van der Waals surface area contributed by atoms with Crippen molar-refractivity contribution in [3.8, 4) is 0 Å². The molecule has 2 atom stereocenters. The predicted octanol–water partition coefficient (Wildman–Crippen LogP) is 1.54. The van der Waals surface area contributed by atoms with E-state index in [2.05, 4.69) is 0 Å². The van der Waals surface area contributed by atoms with E-state index in [1.165, 1.54) is 16.4 Å². The molecule has 0 spiro atoms. The molecule has 3 rings (SSSR count). The largest absolute Gasteiger partial charge is 0.370 e. The number of carbonyl (C=O) groups excluding carboxylic acids is 1. The van der Waals surface area contributed by atoms with E-state index < -0.39 is 16.1 Å². The first-order chi connectivity index (χ1) is 11.9.